The van der Waals surface area contributed by atoms with Crippen molar-refractivity contribution < 1.29 is 28.4 Å². The van der Waals surface area contributed by atoms with E-state index >= 15 is 0 Å². The van der Waals surface area contributed by atoms with Crippen molar-refractivity contribution in [1.29, 1.82) is 0 Å². The van der Waals surface area contributed by atoms with Gasteiger partial charge in [0.25, 0.3) is 12.4 Å². The topological polar surface area (TPSA) is 125 Å². The summed E-state index contributed by atoms with van der Waals surface area (Å²) in [5, 5.41) is 18.5. The van der Waals surface area contributed by atoms with Crippen molar-refractivity contribution in [2.24, 2.45) is 5.10 Å². The second kappa shape index (κ2) is 8.70. The fourth-order valence-electron chi connectivity index (χ4n) is 2.42. The van der Waals surface area contributed by atoms with Gasteiger partial charge in [0.15, 0.2) is 0 Å². The Labute approximate surface area is 153 Å². The molecule has 27 heavy (non-hydrogen) atoms. The summed E-state index contributed by atoms with van der Waals surface area (Å²) >= 11 is 0. The normalized spacial score (nSPS) is 13.4. The lowest BCUT2D eigenvalue weighted by molar-refractivity contribution is -0.130. The number of halogens is 1. The van der Waals surface area contributed by atoms with Crippen molar-refractivity contribution in [2.75, 3.05) is 12.4 Å². The first kappa shape index (κ1) is 19.8. The third-order valence-electron chi connectivity index (χ3n) is 3.69. The molecule has 1 aliphatic rings. The van der Waals surface area contributed by atoms with Crippen LogP contribution in [0.3, 0.4) is 0 Å². The second-order valence-electron chi connectivity index (χ2n) is 5.50. The highest BCUT2D eigenvalue weighted by molar-refractivity contribution is 6.43. The number of carbonyl (C=O) groups excluding carboxylic acids is 2. The first-order valence-electron chi connectivity index (χ1n) is 7.82. The number of nitrogens with zero attached hydrogens (tertiary/aromatic N) is 3. The van der Waals surface area contributed by atoms with Crippen LogP contribution in [0.4, 0.5) is 10.3 Å². The predicted molar refractivity (Wildman–Crippen MR) is 93.4 cm³/mol. The summed E-state index contributed by atoms with van der Waals surface area (Å²) in [5.74, 6) is -0.808. The number of hydrogen-bond acceptors (Lipinski definition) is 6. The van der Waals surface area contributed by atoms with E-state index in [1.165, 1.54) is 19.2 Å². The number of rotatable bonds is 3. The van der Waals surface area contributed by atoms with Crippen LogP contribution in [0.2, 0.25) is 0 Å². The summed E-state index contributed by atoms with van der Waals surface area (Å²) in [6.07, 6.45) is 0.483. The van der Waals surface area contributed by atoms with Crippen LogP contribution < -0.4 is 5.32 Å². The summed E-state index contributed by atoms with van der Waals surface area (Å²) in [7, 11) is 1.50. The van der Waals surface area contributed by atoms with Gasteiger partial charge in [-0.2, -0.15) is 5.10 Å². The van der Waals surface area contributed by atoms with Crippen LogP contribution >= 0.6 is 0 Å². The molecule has 3 rings (SSSR count). The minimum atomic E-state index is -0.464. The molecule has 0 bridgehead atoms. The smallest absolute Gasteiger partial charge is 0.290 e. The molecule has 9 nitrogen and oxygen atoms in total. The van der Waals surface area contributed by atoms with Gasteiger partial charge in [-0.3, -0.25) is 19.7 Å². The van der Waals surface area contributed by atoms with Crippen molar-refractivity contribution in [2.45, 2.75) is 19.8 Å². The zero-order valence-corrected chi connectivity index (χ0v) is 14.6. The minimum Gasteiger partial charge on any atom is -0.483 e. The molecule has 0 radical (unpaired) electrons. The Morgan fingerprint density at radius 2 is 1.96 bits per heavy atom. The number of hydrogen-bond donors (Lipinski definition) is 2. The van der Waals surface area contributed by atoms with Gasteiger partial charge in [0.05, 0.1) is 11.3 Å². The quantitative estimate of drug-likeness (QED) is 0.790. The van der Waals surface area contributed by atoms with E-state index in [0.717, 1.165) is 5.01 Å². The fourth-order valence-corrected chi connectivity index (χ4v) is 2.42. The van der Waals surface area contributed by atoms with Crippen molar-refractivity contribution in [1.82, 2.24) is 10.2 Å². The van der Waals surface area contributed by atoms with Crippen LogP contribution in [0.15, 0.2) is 33.9 Å². The first-order chi connectivity index (χ1) is 12.9. The van der Waals surface area contributed by atoms with E-state index in [1.54, 1.807) is 19.1 Å². The van der Waals surface area contributed by atoms with E-state index in [1.807, 2.05) is 0 Å². The molecule has 1 aliphatic heterocycles. The highest BCUT2D eigenvalue weighted by Gasteiger charge is 2.24. The molecule has 2 aromatic rings. The zero-order valence-electron chi connectivity index (χ0n) is 14.6. The lowest BCUT2D eigenvalue weighted by Crippen LogP contribution is -2.34. The van der Waals surface area contributed by atoms with E-state index in [9.17, 15) is 14.0 Å². The second-order valence-corrected chi connectivity index (χ2v) is 5.50. The maximum atomic E-state index is 13.1. The molecule has 0 aliphatic carbocycles. The number of nitrogens with one attached hydrogen (secondary N) is 1. The number of anilines is 1. The molecule has 10 heteroatoms. The Morgan fingerprint density at radius 3 is 2.56 bits per heavy atom. The number of hydrazone groups is 1. The van der Waals surface area contributed by atoms with Gasteiger partial charge in [0, 0.05) is 19.9 Å². The van der Waals surface area contributed by atoms with E-state index in [-0.39, 0.29) is 42.6 Å². The third-order valence-corrected chi connectivity index (χ3v) is 3.69. The van der Waals surface area contributed by atoms with Gasteiger partial charge in [0.2, 0.25) is 11.8 Å². The van der Waals surface area contributed by atoms with E-state index in [4.69, 9.17) is 14.4 Å². The average Bonchev–Trinajstić information content (AvgIpc) is 2.99. The fraction of sp³-hybridized carbons (Fsp3) is 0.235. The van der Waals surface area contributed by atoms with Crippen LogP contribution in [0.5, 0.6) is 0 Å². The van der Waals surface area contributed by atoms with Crippen LogP contribution in [-0.4, -0.2) is 46.3 Å². The van der Waals surface area contributed by atoms with E-state index in [2.05, 4.69) is 15.6 Å². The number of aromatic nitrogens is 1. The molecule has 2 amide bonds. The van der Waals surface area contributed by atoms with Gasteiger partial charge in [-0.25, -0.2) is 9.40 Å². The standard InChI is InChI=1S/C16H15FN4O3.CH2O2/c1-9-14(10-3-5-11(17)6-4-10)16(24-20-9)18-15(23)12-7-8-13(22)21(2)19-12;2-1-3/h3-6H,7-8H2,1-2H3,(H,18,23);1H,(H,2,3). The Kier molecular flexibility index (Phi) is 6.36. The van der Waals surface area contributed by atoms with Gasteiger partial charge < -0.3 is 9.63 Å². The molecular weight excluding hydrogens is 359 g/mol. The van der Waals surface area contributed by atoms with Crippen molar-refractivity contribution in [3.63, 3.8) is 0 Å². The number of amides is 2. The molecule has 0 unspecified atom stereocenters. The number of carbonyl (C=O) groups is 3. The Hall–Kier alpha value is -3.56. The van der Waals surface area contributed by atoms with Gasteiger partial charge in [-0.1, -0.05) is 17.3 Å². The highest BCUT2D eigenvalue weighted by Crippen LogP contribution is 2.31. The van der Waals surface area contributed by atoms with Crippen LogP contribution in [0.1, 0.15) is 18.5 Å². The Morgan fingerprint density at radius 1 is 1.33 bits per heavy atom. The summed E-state index contributed by atoms with van der Waals surface area (Å²) in [6, 6.07) is 5.79. The first-order valence-corrected chi connectivity index (χ1v) is 7.82. The average molecular weight is 376 g/mol. The third kappa shape index (κ3) is 4.75. The summed E-state index contributed by atoms with van der Waals surface area (Å²) < 4.78 is 18.3. The maximum Gasteiger partial charge on any atom is 0.290 e. The van der Waals surface area contributed by atoms with Crippen molar-refractivity contribution in [3.8, 4) is 11.1 Å². The number of carboxylic acid groups (broad SMARTS) is 1. The Bertz CT molecular complexity index is 876. The summed E-state index contributed by atoms with van der Waals surface area (Å²) in [5.41, 5.74) is 2.04. The molecule has 0 atom stereocenters. The van der Waals surface area contributed by atoms with E-state index in [0.29, 0.717) is 16.8 Å². The lowest BCUT2D eigenvalue weighted by atomic mass is 10.1. The van der Waals surface area contributed by atoms with Crippen LogP contribution in [-0.2, 0) is 14.4 Å². The zero-order chi connectivity index (χ0) is 20.0. The molecule has 0 saturated carbocycles. The Balaban J connectivity index is 0.000000817. The monoisotopic (exact) mass is 376 g/mol. The van der Waals surface area contributed by atoms with Crippen molar-refractivity contribution in [3.05, 3.63) is 35.8 Å². The molecule has 2 heterocycles. The maximum absolute atomic E-state index is 13.1. The van der Waals surface area contributed by atoms with Gasteiger partial charge in [-0.15, -0.1) is 0 Å². The summed E-state index contributed by atoms with van der Waals surface area (Å²) in [4.78, 5) is 32.1. The van der Waals surface area contributed by atoms with Gasteiger partial charge >= 0.3 is 0 Å². The molecule has 0 fully saturated rings. The molecule has 142 valence electrons. The lowest BCUT2D eigenvalue weighted by Gasteiger charge is -2.18. The molecule has 2 N–H and O–H groups in total. The van der Waals surface area contributed by atoms with E-state index < -0.39 is 5.91 Å². The van der Waals surface area contributed by atoms with Crippen molar-refractivity contribution >= 4 is 29.9 Å². The summed E-state index contributed by atoms with van der Waals surface area (Å²) in [6.45, 7) is 1.47. The van der Waals surface area contributed by atoms with Gasteiger partial charge in [-0.05, 0) is 24.6 Å². The van der Waals surface area contributed by atoms with Gasteiger partial charge in [0.1, 0.15) is 11.5 Å². The molecular formula is C17H17FN4O5. The molecule has 0 saturated heterocycles. The van der Waals surface area contributed by atoms with Crippen LogP contribution in [0.25, 0.3) is 11.1 Å². The molecule has 1 aromatic carbocycles. The molecule has 1 aromatic heterocycles. The largest absolute Gasteiger partial charge is 0.483 e. The molecule has 0 spiro atoms. The highest BCUT2D eigenvalue weighted by atomic mass is 19.1. The SMILES string of the molecule is Cc1noc(NC(=O)C2=NN(C)C(=O)CC2)c1-c1ccc(F)cc1.O=CO. The predicted octanol–water partition coefficient (Wildman–Crippen LogP) is 2.04. The number of benzene rings is 1. The minimum absolute atomic E-state index is 0.144. The van der Waals surface area contributed by atoms with Crippen LogP contribution in [0, 0.1) is 12.7 Å². The number of aryl methyl sites for hydroxylation is 1.